The lowest BCUT2D eigenvalue weighted by Gasteiger charge is -2.31. The van der Waals surface area contributed by atoms with Gasteiger partial charge in [0, 0.05) is 11.0 Å². The van der Waals surface area contributed by atoms with Crippen molar-refractivity contribution >= 4 is 17.2 Å². The van der Waals surface area contributed by atoms with Gasteiger partial charge in [0.05, 0.1) is 0 Å². The van der Waals surface area contributed by atoms with E-state index in [9.17, 15) is 0 Å². The van der Waals surface area contributed by atoms with Crippen molar-refractivity contribution in [2.45, 2.75) is 58.3 Å². The summed E-state index contributed by atoms with van der Waals surface area (Å²) in [5.41, 5.74) is 2.97. The number of fused-ring (bicyclic) bond motifs is 1. The maximum absolute atomic E-state index is 6.22. The zero-order valence-corrected chi connectivity index (χ0v) is 12.5. The summed E-state index contributed by atoms with van der Waals surface area (Å²) in [5, 5.41) is 13.8. The summed E-state index contributed by atoms with van der Waals surface area (Å²) in [6, 6.07) is 0. The van der Waals surface area contributed by atoms with Crippen LogP contribution >= 0.6 is 11.6 Å². The summed E-state index contributed by atoms with van der Waals surface area (Å²) in [5.74, 6) is 0.965. The first-order valence-electron chi connectivity index (χ1n) is 6.91. The number of hydrogen-bond acceptors (Lipinski definition) is 3. The monoisotopic (exact) mass is 278 g/mol. The van der Waals surface area contributed by atoms with Crippen molar-refractivity contribution in [1.29, 1.82) is 0 Å². The fraction of sp³-hybridized carbons (Fsp3) is 0.643. The molecule has 2 aromatic heterocycles. The lowest BCUT2D eigenvalue weighted by atomic mass is 9.75. The SMILES string of the molecule is Cc1c(Cl)nn2c(C3(C)CCCCC3)nnc2c1C. The van der Waals surface area contributed by atoms with Gasteiger partial charge in [-0.2, -0.15) is 9.61 Å². The van der Waals surface area contributed by atoms with E-state index in [1.54, 1.807) is 0 Å². The van der Waals surface area contributed by atoms with E-state index in [1.807, 2.05) is 18.4 Å². The molecule has 0 amide bonds. The Morgan fingerprint density at radius 2 is 1.74 bits per heavy atom. The third-order valence-electron chi connectivity index (χ3n) is 4.53. The number of nitrogens with zero attached hydrogens (tertiary/aromatic N) is 4. The minimum atomic E-state index is 0.0791. The highest BCUT2D eigenvalue weighted by Crippen LogP contribution is 2.38. The van der Waals surface area contributed by atoms with Crippen LogP contribution in [0.2, 0.25) is 5.15 Å². The van der Waals surface area contributed by atoms with Crippen molar-refractivity contribution in [1.82, 2.24) is 19.8 Å². The molecule has 102 valence electrons. The zero-order valence-electron chi connectivity index (χ0n) is 11.7. The highest BCUT2D eigenvalue weighted by atomic mass is 35.5. The predicted molar refractivity (Wildman–Crippen MR) is 75.7 cm³/mol. The van der Waals surface area contributed by atoms with Gasteiger partial charge in [-0.1, -0.05) is 37.8 Å². The lowest BCUT2D eigenvalue weighted by Crippen LogP contribution is -2.28. The molecule has 4 nitrogen and oxygen atoms in total. The normalized spacial score (nSPS) is 18.9. The van der Waals surface area contributed by atoms with Crippen LogP contribution in [0.3, 0.4) is 0 Å². The first-order chi connectivity index (χ1) is 9.03. The summed E-state index contributed by atoms with van der Waals surface area (Å²) >= 11 is 6.22. The molecular formula is C14H19ClN4. The van der Waals surface area contributed by atoms with Crippen LogP contribution in [0, 0.1) is 13.8 Å². The van der Waals surface area contributed by atoms with E-state index in [4.69, 9.17) is 11.6 Å². The summed E-state index contributed by atoms with van der Waals surface area (Å²) in [4.78, 5) is 0. The fourth-order valence-corrected chi connectivity index (χ4v) is 3.24. The van der Waals surface area contributed by atoms with Crippen LogP contribution in [0.4, 0.5) is 0 Å². The molecule has 0 aliphatic heterocycles. The average Bonchev–Trinajstić information content (AvgIpc) is 2.81. The Morgan fingerprint density at radius 1 is 1.05 bits per heavy atom. The van der Waals surface area contributed by atoms with Crippen molar-refractivity contribution < 1.29 is 0 Å². The average molecular weight is 279 g/mol. The maximum Gasteiger partial charge on any atom is 0.181 e. The van der Waals surface area contributed by atoms with Gasteiger partial charge < -0.3 is 0 Å². The van der Waals surface area contributed by atoms with Gasteiger partial charge in [0.2, 0.25) is 0 Å². The molecular weight excluding hydrogens is 260 g/mol. The van der Waals surface area contributed by atoms with E-state index in [-0.39, 0.29) is 5.41 Å². The molecule has 1 aliphatic carbocycles. The summed E-state index contributed by atoms with van der Waals surface area (Å²) in [7, 11) is 0. The third kappa shape index (κ3) is 1.93. The van der Waals surface area contributed by atoms with Gasteiger partial charge in [0.15, 0.2) is 16.6 Å². The van der Waals surface area contributed by atoms with Gasteiger partial charge in [-0.15, -0.1) is 10.2 Å². The van der Waals surface area contributed by atoms with Crippen LogP contribution < -0.4 is 0 Å². The molecule has 1 fully saturated rings. The van der Waals surface area contributed by atoms with E-state index in [1.165, 1.54) is 19.3 Å². The summed E-state index contributed by atoms with van der Waals surface area (Å²) < 4.78 is 1.86. The van der Waals surface area contributed by atoms with Crippen LogP contribution in [0.1, 0.15) is 56.0 Å². The van der Waals surface area contributed by atoms with Crippen LogP contribution in [0.15, 0.2) is 0 Å². The number of hydrogen-bond donors (Lipinski definition) is 0. The van der Waals surface area contributed by atoms with Crippen LogP contribution in [-0.2, 0) is 5.41 Å². The van der Waals surface area contributed by atoms with Crippen molar-refractivity contribution in [3.05, 3.63) is 22.1 Å². The molecule has 1 saturated carbocycles. The lowest BCUT2D eigenvalue weighted by molar-refractivity contribution is 0.299. The molecule has 3 rings (SSSR count). The molecule has 0 spiro atoms. The van der Waals surface area contributed by atoms with E-state index < -0.39 is 0 Å². The van der Waals surface area contributed by atoms with Crippen LogP contribution in [0.25, 0.3) is 5.65 Å². The van der Waals surface area contributed by atoms with Crippen molar-refractivity contribution in [2.75, 3.05) is 0 Å². The standard InChI is InChI=1S/C14H19ClN4/c1-9-10(2)12-16-17-13(19(12)18-11(9)15)14(3)7-5-4-6-8-14/h4-8H2,1-3H3. The van der Waals surface area contributed by atoms with Gasteiger partial charge in [0.1, 0.15) is 0 Å². The Kier molecular flexibility index (Phi) is 3.01. The molecule has 1 aliphatic rings. The second-order valence-corrected chi connectivity index (χ2v) is 6.28. The Hall–Kier alpha value is -1.16. The zero-order chi connectivity index (χ0) is 13.6. The molecule has 0 unspecified atom stereocenters. The van der Waals surface area contributed by atoms with Crippen molar-refractivity contribution in [2.24, 2.45) is 0 Å². The number of rotatable bonds is 1. The number of aromatic nitrogens is 4. The van der Waals surface area contributed by atoms with Gasteiger partial charge in [-0.05, 0) is 32.3 Å². The van der Waals surface area contributed by atoms with E-state index in [2.05, 4.69) is 22.2 Å². The predicted octanol–water partition coefficient (Wildman–Crippen LogP) is 3.62. The molecule has 19 heavy (non-hydrogen) atoms. The highest BCUT2D eigenvalue weighted by molar-refractivity contribution is 6.30. The minimum Gasteiger partial charge on any atom is -0.195 e. The molecule has 0 aromatic carbocycles. The Bertz CT molecular complexity index is 626. The third-order valence-corrected chi connectivity index (χ3v) is 4.89. The quantitative estimate of drug-likeness (QED) is 0.800. The molecule has 2 aromatic rings. The number of halogens is 1. The molecule has 0 atom stereocenters. The summed E-state index contributed by atoms with van der Waals surface area (Å²) in [6.07, 6.45) is 6.13. The number of aryl methyl sites for hydroxylation is 1. The Labute approximate surface area is 118 Å². The Morgan fingerprint density at radius 3 is 2.42 bits per heavy atom. The van der Waals surface area contributed by atoms with Crippen LogP contribution in [0.5, 0.6) is 0 Å². The molecule has 0 saturated heterocycles. The first-order valence-corrected chi connectivity index (χ1v) is 7.29. The van der Waals surface area contributed by atoms with Crippen LogP contribution in [-0.4, -0.2) is 19.8 Å². The molecule has 0 radical (unpaired) electrons. The fourth-order valence-electron chi connectivity index (χ4n) is 3.03. The van der Waals surface area contributed by atoms with Gasteiger partial charge >= 0.3 is 0 Å². The van der Waals surface area contributed by atoms with E-state index in [0.29, 0.717) is 5.15 Å². The molecule has 0 N–H and O–H groups in total. The van der Waals surface area contributed by atoms with Crippen molar-refractivity contribution in [3.8, 4) is 0 Å². The van der Waals surface area contributed by atoms with Crippen molar-refractivity contribution in [3.63, 3.8) is 0 Å². The smallest absolute Gasteiger partial charge is 0.181 e. The highest BCUT2D eigenvalue weighted by Gasteiger charge is 2.34. The second kappa shape index (κ2) is 4.44. The molecule has 2 heterocycles. The largest absolute Gasteiger partial charge is 0.195 e. The first kappa shape index (κ1) is 12.9. The summed E-state index contributed by atoms with van der Waals surface area (Å²) in [6.45, 7) is 6.27. The molecule has 5 heteroatoms. The van der Waals surface area contributed by atoms with E-state index >= 15 is 0 Å². The van der Waals surface area contributed by atoms with Gasteiger partial charge in [-0.25, -0.2) is 0 Å². The topological polar surface area (TPSA) is 43.1 Å². The Balaban J connectivity index is 2.20. The molecule has 0 bridgehead atoms. The maximum atomic E-state index is 6.22. The van der Waals surface area contributed by atoms with Gasteiger partial charge in [-0.3, -0.25) is 0 Å². The second-order valence-electron chi connectivity index (χ2n) is 5.92. The minimum absolute atomic E-state index is 0.0791. The van der Waals surface area contributed by atoms with E-state index in [0.717, 1.165) is 35.4 Å². The van der Waals surface area contributed by atoms with Gasteiger partial charge in [0.25, 0.3) is 0 Å².